The van der Waals surface area contributed by atoms with Crippen LogP contribution in [-0.2, 0) is 16.3 Å². The minimum Gasteiger partial charge on any atom is -0.423 e. The summed E-state index contributed by atoms with van der Waals surface area (Å²) in [4.78, 5) is 15.0. The fourth-order valence-corrected chi connectivity index (χ4v) is 5.85. The Bertz CT molecular complexity index is 1480. The maximum absolute atomic E-state index is 14.0. The van der Waals surface area contributed by atoms with Crippen LogP contribution in [0.25, 0.3) is 22.2 Å². The van der Waals surface area contributed by atoms with Gasteiger partial charge >= 0.3 is 13.4 Å². The number of nitrogens with zero attached hydrogens (tertiary/aromatic N) is 3. The quantitative estimate of drug-likeness (QED) is 0.479. The number of nitrogens with one attached hydrogen (secondary N) is 1. The van der Waals surface area contributed by atoms with E-state index in [0.717, 1.165) is 18.5 Å². The lowest BCUT2D eigenvalue weighted by molar-refractivity contribution is -0.212. The van der Waals surface area contributed by atoms with Gasteiger partial charge in [0.25, 0.3) is 5.56 Å². The molecule has 0 saturated carbocycles. The second-order valence-electron chi connectivity index (χ2n) is 7.86. The molecule has 3 aromatic heterocycles. The van der Waals surface area contributed by atoms with Crippen molar-refractivity contribution in [3.63, 3.8) is 0 Å². The van der Waals surface area contributed by atoms with Crippen molar-refractivity contribution in [2.24, 2.45) is 0 Å². The van der Waals surface area contributed by atoms with E-state index in [1.807, 2.05) is 0 Å². The predicted octanol–water partition coefficient (Wildman–Crippen LogP) is 1.19. The van der Waals surface area contributed by atoms with Crippen LogP contribution in [0.4, 0.5) is 13.2 Å². The predicted molar refractivity (Wildman–Crippen MR) is 115 cm³/mol. The van der Waals surface area contributed by atoms with Gasteiger partial charge in [-0.1, -0.05) is 23.8 Å². The Labute approximate surface area is 185 Å². The van der Waals surface area contributed by atoms with Gasteiger partial charge < -0.3 is 15.0 Å². The van der Waals surface area contributed by atoms with E-state index in [2.05, 4.69) is 10.1 Å². The number of pyridine rings is 1. The van der Waals surface area contributed by atoms with Crippen molar-refractivity contribution in [3.8, 4) is 11.3 Å². The molecule has 0 bridgehead atoms. The summed E-state index contributed by atoms with van der Waals surface area (Å²) in [6.07, 6.45) is 2.54. The normalized spacial score (nSPS) is 19.2. The molecule has 0 radical (unpaired) electrons. The fourth-order valence-electron chi connectivity index (χ4n) is 3.83. The minimum atomic E-state index is -4.85. The number of rotatable bonds is 4. The van der Waals surface area contributed by atoms with Gasteiger partial charge in [-0.05, 0) is 26.3 Å². The SMILES string of the molecule is CC1=CC=CCC1(C)S(=O)(=O)n1c(-c2cnn(C(F)(F)F)c2)cc2c(B(O)O)c[nH]c(=O)c21. The second-order valence-corrected chi connectivity index (χ2v) is 10.1. The van der Waals surface area contributed by atoms with Crippen LogP contribution in [0, 0.1) is 0 Å². The first-order valence-electron chi connectivity index (χ1n) is 9.63. The van der Waals surface area contributed by atoms with Gasteiger partial charge in [0.05, 0.1) is 11.9 Å². The molecule has 0 aromatic carbocycles. The Hall–Kier alpha value is -3.10. The first kappa shape index (κ1) is 23.1. The maximum Gasteiger partial charge on any atom is 0.504 e. The Morgan fingerprint density at radius 3 is 2.58 bits per heavy atom. The van der Waals surface area contributed by atoms with Gasteiger partial charge in [0.2, 0.25) is 10.0 Å². The Morgan fingerprint density at radius 2 is 2.00 bits per heavy atom. The summed E-state index contributed by atoms with van der Waals surface area (Å²) in [5, 5.41) is 22.6. The molecule has 0 amide bonds. The van der Waals surface area contributed by atoms with Crippen molar-refractivity contribution < 1.29 is 31.6 Å². The monoisotopic (exact) mass is 482 g/mol. The number of fused-ring (bicyclic) bond motifs is 1. The molecule has 14 heteroatoms. The number of allylic oxidation sites excluding steroid dienone is 3. The van der Waals surface area contributed by atoms with Crippen LogP contribution in [-0.4, -0.2) is 49.1 Å². The molecule has 0 spiro atoms. The van der Waals surface area contributed by atoms with Crippen LogP contribution < -0.4 is 11.0 Å². The molecule has 33 heavy (non-hydrogen) atoms. The number of hydrogen-bond donors (Lipinski definition) is 3. The molecule has 1 unspecified atom stereocenters. The topological polar surface area (TPSA) is 130 Å². The van der Waals surface area contributed by atoms with Crippen molar-refractivity contribution in [1.82, 2.24) is 18.7 Å². The van der Waals surface area contributed by atoms with E-state index in [-0.39, 0.29) is 33.2 Å². The lowest BCUT2D eigenvalue weighted by atomic mass is 9.79. The van der Waals surface area contributed by atoms with Crippen LogP contribution in [0.15, 0.2) is 53.3 Å². The van der Waals surface area contributed by atoms with Gasteiger partial charge in [-0.15, -0.1) is 13.2 Å². The largest absolute Gasteiger partial charge is 0.504 e. The molecule has 3 aromatic rings. The van der Waals surface area contributed by atoms with E-state index in [9.17, 15) is 36.4 Å². The van der Waals surface area contributed by atoms with Crippen molar-refractivity contribution >= 4 is 33.5 Å². The highest BCUT2D eigenvalue weighted by Gasteiger charge is 2.44. The zero-order valence-corrected chi connectivity index (χ0v) is 18.1. The van der Waals surface area contributed by atoms with Crippen molar-refractivity contribution in [1.29, 1.82) is 0 Å². The summed E-state index contributed by atoms with van der Waals surface area (Å²) < 4.78 is 66.2. The summed E-state index contributed by atoms with van der Waals surface area (Å²) in [6, 6.07) is 1.13. The first-order chi connectivity index (χ1) is 15.3. The van der Waals surface area contributed by atoms with Gasteiger partial charge in [0.15, 0.2) is 0 Å². The number of hydrogen-bond acceptors (Lipinski definition) is 6. The lowest BCUT2D eigenvalue weighted by Gasteiger charge is -2.32. The third-order valence-electron chi connectivity index (χ3n) is 5.89. The van der Waals surface area contributed by atoms with Gasteiger partial charge in [-0.3, -0.25) is 4.79 Å². The highest BCUT2D eigenvalue weighted by molar-refractivity contribution is 7.91. The fraction of sp³-hybridized carbons (Fsp3) is 0.263. The minimum absolute atomic E-state index is 0.0544. The molecule has 1 atom stereocenters. The summed E-state index contributed by atoms with van der Waals surface area (Å²) in [5.41, 5.74) is -1.59. The molecule has 3 N–H and O–H groups in total. The van der Waals surface area contributed by atoms with Crippen LogP contribution in [0.2, 0.25) is 0 Å². The van der Waals surface area contributed by atoms with Gasteiger partial charge in [0.1, 0.15) is 10.3 Å². The number of halogens is 3. The van der Waals surface area contributed by atoms with E-state index in [1.165, 1.54) is 6.92 Å². The van der Waals surface area contributed by atoms with Gasteiger partial charge in [-0.2, -0.15) is 9.78 Å². The standard InChI is InChI=1S/C19H18BF3N4O5S/c1-11-5-3-4-6-18(11,2)33(31,32)27-15(12-8-25-26(10-12)19(21,22)23)7-13-14(20(29)30)9-24-17(28)16(13)27/h3-5,7-10,29-30H,6H2,1-2H3,(H,24,28). The van der Waals surface area contributed by atoms with E-state index >= 15 is 0 Å². The Morgan fingerprint density at radius 1 is 1.30 bits per heavy atom. The zero-order chi connectivity index (χ0) is 24.3. The Kier molecular flexibility index (Phi) is 5.22. The highest BCUT2D eigenvalue weighted by Crippen LogP contribution is 2.39. The molecule has 1 aliphatic carbocycles. The van der Waals surface area contributed by atoms with Gasteiger partial charge in [0, 0.05) is 28.8 Å². The molecule has 3 heterocycles. The molecule has 0 saturated heterocycles. The average molecular weight is 482 g/mol. The Balaban J connectivity index is 2.12. The number of H-pyrrole nitrogens is 1. The molecule has 0 aliphatic heterocycles. The summed E-state index contributed by atoms with van der Waals surface area (Å²) >= 11 is 0. The zero-order valence-electron chi connectivity index (χ0n) is 17.3. The highest BCUT2D eigenvalue weighted by atomic mass is 32.2. The molecular formula is C19H18BF3N4O5S. The van der Waals surface area contributed by atoms with E-state index in [0.29, 0.717) is 15.7 Å². The van der Waals surface area contributed by atoms with Crippen LogP contribution in [0.5, 0.6) is 0 Å². The lowest BCUT2D eigenvalue weighted by Crippen LogP contribution is -2.42. The van der Waals surface area contributed by atoms with Crippen LogP contribution in [0.1, 0.15) is 20.3 Å². The van der Waals surface area contributed by atoms with E-state index in [4.69, 9.17) is 0 Å². The third-order valence-corrected chi connectivity index (χ3v) is 8.38. The molecule has 174 valence electrons. The van der Waals surface area contributed by atoms with Crippen LogP contribution in [0.3, 0.4) is 0 Å². The molecule has 0 fully saturated rings. The van der Waals surface area contributed by atoms with Crippen molar-refractivity contribution in [3.05, 3.63) is 58.8 Å². The maximum atomic E-state index is 14.0. The van der Waals surface area contributed by atoms with Crippen molar-refractivity contribution in [2.45, 2.75) is 31.3 Å². The third kappa shape index (κ3) is 3.45. The number of alkyl halides is 3. The molecular weight excluding hydrogens is 464 g/mol. The summed E-state index contributed by atoms with van der Waals surface area (Å²) in [6.45, 7) is 3.05. The molecule has 1 aliphatic rings. The molecule has 4 rings (SSSR count). The van der Waals surface area contributed by atoms with Crippen molar-refractivity contribution in [2.75, 3.05) is 0 Å². The average Bonchev–Trinajstić information content (AvgIpc) is 3.35. The first-order valence-corrected chi connectivity index (χ1v) is 11.1. The van der Waals surface area contributed by atoms with E-state index < -0.39 is 39.3 Å². The van der Waals surface area contributed by atoms with E-state index in [1.54, 1.807) is 25.2 Å². The number of aromatic amines is 1. The van der Waals surface area contributed by atoms with Gasteiger partial charge in [-0.25, -0.2) is 12.4 Å². The summed E-state index contributed by atoms with van der Waals surface area (Å²) in [7, 11) is -6.55. The van der Waals surface area contributed by atoms with Crippen LogP contribution >= 0.6 is 0 Å². The smallest absolute Gasteiger partial charge is 0.423 e. The number of aromatic nitrogens is 4. The summed E-state index contributed by atoms with van der Waals surface area (Å²) in [5.74, 6) is 0. The second kappa shape index (κ2) is 7.47. The molecule has 9 nitrogen and oxygen atoms in total.